The van der Waals surface area contributed by atoms with Gasteiger partial charge in [0.2, 0.25) is 0 Å². The number of anilines is 1. The third kappa shape index (κ3) is 6.38. The summed E-state index contributed by atoms with van der Waals surface area (Å²) in [7, 11) is 0. The van der Waals surface area contributed by atoms with Gasteiger partial charge in [0, 0.05) is 17.5 Å². The Kier molecular flexibility index (Phi) is 7.79. The Morgan fingerprint density at radius 1 is 1.06 bits per heavy atom. The first kappa shape index (κ1) is 24.7. The summed E-state index contributed by atoms with van der Waals surface area (Å²) in [6.45, 7) is 4.58. The number of rotatable bonds is 11. The van der Waals surface area contributed by atoms with Crippen molar-refractivity contribution in [2.24, 2.45) is 5.92 Å². The van der Waals surface area contributed by atoms with Crippen LogP contribution in [0.4, 0.5) is 5.82 Å². The number of para-hydroxylation sites is 1. The number of nitrogens with one attached hydrogen (secondary N) is 2. The van der Waals surface area contributed by atoms with Crippen LogP contribution in [0.2, 0.25) is 0 Å². The first-order valence-corrected chi connectivity index (χ1v) is 11.7. The van der Waals surface area contributed by atoms with Gasteiger partial charge in [0.05, 0.1) is 24.9 Å². The molecule has 4 aromatic rings. The van der Waals surface area contributed by atoms with Gasteiger partial charge in [0.25, 0.3) is 5.91 Å². The lowest BCUT2D eigenvalue weighted by molar-refractivity contribution is -0.136. The highest BCUT2D eigenvalue weighted by molar-refractivity contribution is 5.92. The van der Waals surface area contributed by atoms with Gasteiger partial charge in [-0.05, 0) is 42.3 Å². The molecular weight excluding hydrogens is 460 g/mol. The van der Waals surface area contributed by atoms with Gasteiger partial charge in [-0.1, -0.05) is 32.0 Å². The van der Waals surface area contributed by atoms with Crippen molar-refractivity contribution in [1.82, 2.24) is 15.3 Å². The predicted octanol–water partition coefficient (Wildman–Crippen LogP) is 4.61. The van der Waals surface area contributed by atoms with Gasteiger partial charge in [-0.25, -0.2) is 9.97 Å². The topological polar surface area (TPSA) is 127 Å². The molecule has 0 saturated heterocycles. The van der Waals surface area contributed by atoms with E-state index in [-0.39, 0.29) is 30.6 Å². The summed E-state index contributed by atoms with van der Waals surface area (Å²) in [5.41, 5.74) is 1.95. The molecule has 0 spiro atoms. The second-order valence-corrected chi connectivity index (χ2v) is 8.67. The summed E-state index contributed by atoms with van der Waals surface area (Å²) in [5, 5.41) is 15.5. The Hall–Kier alpha value is -4.40. The van der Waals surface area contributed by atoms with Crippen molar-refractivity contribution in [3.8, 4) is 17.1 Å². The average molecular weight is 489 g/mol. The number of carbonyl (C=O) groups is 2. The number of carboxylic acid groups (broad SMARTS) is 1. The van der Waals surface area contributed by atoms with Crippen LogP contribution in [0, 0.1) is 5.92 Å². The molecule has 2 heterocycles. The van der Waals surface area contributed by atoms with E-state index in [1.54, 1.807) is 0 Å². The number of nitrogens with zero attached hydrogens (tertiary/aromatic N) is 2. The van der Waals surface area contributed by atoms with Crippen LogP contribution in [0.1, 0.15) is 30.8 Å². The fraction of sp³-hybridized carbons (Fsp3) is 0.259. The minimum Gasteiger partial charge on any atom is -0.491 e. The van der Waals surface area contributed by atoms with Gasteiger partial charge in [-0.3, -0.25) is 9.59 Å². The van der Waals surface area contributed by atoms with Crippen LogP contribution in [-0.4, -0.2) is 46.1 Å². The van der Waals surface area contributed by atoms with E-state index in [2.05, 4.69) is 34.4 Å². The molecule has 0 fully saturated rings. The molecule has 3 N–H and O–H groups in total. The molecule has 9 heteroatoms. The normalized spacial score (nSPS) is 11.9. The zero-order valence-electron chi connectivity index (χ0n) is 20.1. The fourth-order valence-electron chi connectivity index (χ4n) is 3.51. The highest BCUT2D eigenvalue weighted by atomic mass is 16.5. The standard InChI is InChI=1S/C27H28N4O5/c1-17(2)22(31-25-15-29-21(14-30-25)27(34)28-12-11-26(32)33)16-35-20-9-7-18(8-10-20)24-13-19-5-3-4-6-23(19)36-24/h3-10,13-15,17,22H,11-12,16H2,1-2H3,(H,28,34)(H,30,31)(H,32,33)/t22-/m1/s1. The summed E-state index contributed by atoms with van der Waals surface area (Å²) < 4.78 is 12.0. The molecule has 2 aromatic heterocycles. The zero-order chi connectivity index (χ0) is 25.5. The van der Waals surface area contributed by atoms with Crippen LogP contribution in [0.25, 0.3) is 22.3 Å². The van der Waals surface area contributed by atoms with Crippen LogP contribution in [0.15, 0.2) is 71.4 Å². The van der Waals surface area contributed by atoms with Gasteiger partial charge in [0.15, 0.2) is 0 Å². The zero-order valence-corrected chi connectivity index (χ0v) is 20.1. The van der Waals surface area contributed by atoms with Crippen molar-refractivity contribution in [3.63, 3.8) is 0 Å². The second-order valence-electron chi connectivity index (χ2n) is 8.67. The maximum absolute atomic E-state index is 12.0. The summed E-state index contributed by atoms with van der Waals surface area (Å²) in [6.07, 6.45) is 2.68. The summed E-state index contributed by atoms with van der Waals surface area (Å²) >= 11 is 0. The third-order valence-corrected chi connectivity index (χ3v) is 5.64. The molecule has 1 amide bonds. The highest BCUT2D eigenvalue weighted by Crippen LogP contribution is 2.29. The van der Waals surface area contributed by atoms with E-state index in [0.29, 0.717) is 12.4 Å². The van der Waals surface area contributed by atoms with Crippen molar-refractivity contribution < 1.29 is 23.8 Å². The van der Waals surface area contributed by atoms with Crippen molar-refractivity contribution in [1.29, 1.82) is 0 Å². The molecule has 0 radical (unpaired) electrons. The molecule has 0 aliphatic carbocycles. The molecule has 9 nitrogen and oxygen atoms in total. The van der Waals surface area contributed by atoms with E-state index in [1.807, 2.05) is 54.6 Å². The maximum atomic E-state index is 12.0. The number of carboxylic acids is 1. The Morgan fingerprint density at radius 2 is 1.83 bits per heavy atom. The van der Waals surface area contributed by atoms with Crippen molar-refractivity contribution in [3.05, 3.63) is 72.7 Å². The second kappa shape index (κ2) is 11.4. The molecule has 0 aliphatic heterocycles. The number of furan rings is 1. The van der Waals surface area contributed by atoms with E-state index in [1.165, 1.54) is 12.4 Å². The number of ether oxygens (including phenoxy) is 1. The number of aliphatic carboxylic acids is 1. The summed E-state index contributed by atoms with van der Waals surface area (Å²) in [6, 6.07) is 17.6. The lowest BCUT2D eigenvalue weighted by atomic mass is 10.1. The van der Waals surface area contributed by atoms with Crippen LogP contribution in [-0.2, 0) is 4.79 Å². The van der Waals surface area contributed by atoms with Gasteiger partial charge in [-0.2, -0.15) is 0 Å². The monoisotopic (exact) mass is 488 g/mol. The summed E-state index contributed by atoms with van der Waals surface area (Å²) in [4.78, 5) is 31.0. The highest BCUT2D eigenvalue weighted by Gasteiger charge is 2.16. The lowest BCUT2D eigenvalue weighted by Gasteiger charge is -2.23. The van der Waals surface area contributed by atoms with Gasteiger partial charge < -0.3 is 24.9 Å². The predicted molar refractivity (Wildman–Crippen MR) is 136 cm³/mol. The molecular formula is C27H28N4O5. The Morgan fingerprint density at radius 3 is 2.50 bits per heavy atom. The molecule has 1 atom stereocenters. The Bertz CT molecular complexity index is 1280. The van der Waals surface area contributed by atoms with E-state index < -0.39 is 11.9 Å². The Balaban J connectivity index is 1.32. The third-order valence-electron chi connectivity index (χ3n) is 5.64. The van der Waals surface area contributed by atoms with Crippen LogP contribution >= 0.6 is 0 Å². The lowest BCUT2D eigenvalue weighted by Crippen LogP contribution is -2.33. The van der Waals surface area contributed by atoms with Gasteiger partial charge >= 0.3 is 5.97 Å². The quantitative estimate of drug-likeness (QED) is 0.279. The average Bonchev–Trinajstić information content (AvgIpc) is 3.31. The molecule has 4 rings (SSSR count). The number of hydrogen-bond acceptors (Lipinski definition) is 7. The number of hydrogen-bond donors (Lipinski definition) is 3. The maximum Gasteiger partial charge on any atom is 0.305 e. The van der Waals surface area contributed by atoms with E-state index >= 15 is 0 Å². The SMILES string of the molecule is CC(C)[C@@H](COc1ccc(-c2cc3ccccc3o2)cc1)Nc1cnc(C(=O)NCCC(=O)O)cn1. The van der Waals surface area contributed by atoms with Crippen molar-refractivity contribution in [2.45, 2.75) is 26.3 Å². The fourth-order valence-corrected chi connectivity index (χ4v) is 3.51. The molecule has 0 unspecified atom stereocenters. The smallest absolute Gasteiger partial charge is 0.305 e. The molecule has 0 bridgehead atoms. The number of aromatic nitrogens is 2. The van der Waals surface area contributed by atoms with E-state index in [9.17, 15) is 9.59 Å². The minimum atomic E-state index is -0.981. The molecule has 2 aromatic carbocycles. The largest absolute Gasteiger partial charge is 0.491 e. The number of carbonyl (C=O) groups excluding carboxylic acids is 1. The first-order valence-electron chi connectivity index (χ1n) is 11.7. The van der Waals surface area contributed by atoms with Crippen LogP contribution in [0.3, 0.4) is 0 Å². The van der Waals surface area contributed by atoms with Crippen LogP contribution in [0.5, 0.6) is 5.75 Å². The molecule has 186 valence electrons. The number of fused-ring (bicyclic) bond motifs is 1. The number of amides is 1. The molecule has 0 aliphatic rings. The molecule has 36 heavy (non-hydrogen) atoms. The van der Waals surface area contributed by atoms with Crippen molar-refractivity contribution in [2.75, 3.05) is 18.5 Å². The summed E-state index contributed by atoms with van der Waals surface area (Å²) in [5.74, 6) is 0.847. The minimum absolute atomic E-state index is 0.0296. The van der Waals surface area contributed by atoms with Crippen molar-refractivity contribution >= 4 is 28.7 Å². The van der Waals surface area contributed by atoms with Crippen LogP contribution < -0.4 is 15.4 Å². The Labute approximate surface area is 208 Å². The van der Waals surface area contributed by atoms with Gasteiger partial charge in [-0.15, -0.1) is 0 Å². The van der Waals surface area contributed by atoms with E-state index in [0.717, 1.165) is 28.0 Å². The van der Waals surface area contributed by atoms with E-state index in [4.69, 9.17) is 14.3 Å². The number of benzene rings is 2. The molecule has 0 saturated carbocycles. The van der Waals surface area contributed by atoms with Gasteiger partial charge in [0.1, 0.15) is 35.2 Å². The first-order chi connectivity index (χ1) is 17.4.